The second kappa shape index (κ2) is 16.8. The normalized spacial score (nSPS) is 12.1. The fourth-order valence-electron chi connectivity index (χ4n) is 7.60. The van der Waals surface area contributed by atoms with Crippen LogP contribution >= 0.6 is 0 Å². The van der Waals surface area contributed by atoms with E-state index >= 15 is 0 Å². The maximum atomic E-state index is 13.9. The predicted octanol–water partition coefficient (Wildman–Crippen LogP) is 9.15. The summed E-state index contributed by atoms with van der Waals surface area (Å²) < 4.78 is 7.26. The molecule has 1 heterocycles. The van der Waals surface area contributed by atoms with Gasteiger partial charge in [0, 0.05) is 24.8 Å². The fourth-order valence-corrected chi connectivity index (χ4v) is 7.60. The van der Waals surface area contributed by atoms with Crippen LogP contribution in [-0.4, -0.2) is 34.6 Å². The second-order valence-corrected chi connectivity index (χ2v) is 14.3. The van der Waals surface area contributed by atoms with Crippen molar-refractivity contribution in [3.63, 3.8) is 0 Å². The summed E-state index contributed by atoms with van der Waals surface area (Å²) in [6, 6.07) is 51.1. The van der Waals surface area contributed by atoms with Gasteiger partial charge < -0.3 is 19.9 Å². The van der Waals surface area contributed by atoms with E-state index in [4.69, 9.17) is 9.72 Å². The van der Waals surface area contributed by atoms with Crippen LogP contribution in [0.5, 0.6) is 0 Å². The van der Waals surface area contributed by atoms with Crippen molar-refractivity contribution < 1.29 is 14.3 Å². The lowest BCUT2D eigenvalue weighted by molar-refractivity contribution is -0.143. The third kappa shape index (κ3) is 7.84. The average molecular weight is 727 g/mol. The number of carbonyl (C=O) groups excluding carboxylic acids is 2. The van der Waals surface area contributed by atoms with Gasteiger partial charge in [-0.3, -0.25) is 4.79 Å². The predicted molar refractivity (Wildman–Crippen MR) is 219 cm³/mol. The molecule has 0 saturated heterocycles. The third-order valence-corrected chi connectivity index (χ3v) is 10.1. The molecule has 0 fully saturated rings. The van der Waals surface area contributed by atoms with Gasteiger partial charge in [0.15, 0.2) is 0 Å². The Morgan fingerprint density at radius 2 is 1.31 bits per heavy atom. The smallest absolute Gasteiger partial charge is 0.328 e. The van der Waals surface area contributed by atoms with Gasteiger partial charge in [-0.05, 0) is 68.6 Å². The number of aromatic nitrogens is 2. The van der Waals surface area contributed by atoms with Crippen LogP contribution in [0.1, 0.15) is 58.6 Å². The monoisotopic (exact) mass is 726 g/mol. The van der Waals surface area contributed by atoms with E-state index in [0.717, 1.165) is 49.8 Å². The summed E-state index contributed by atoms with van der Waals surface area (Å²) in [6.45, 7) is 5.11. The Morgan fingerprint density at radius 1 is 0.709 bits per heavy atom. The Hall–Kier alpha value is -6.31. The second-order valence-electron chi connectivity index (χ2n) is 14.3. The number of carbonyl (C=O) groups is 2. The number of rotatable bonds is 14. The highest BCUT2D eigenvalue weighted by atomic mass is 16.5. The van der Waals surface area contributed by atoms with Crippen molar-refractivity contribution in [1.29, 1.82) is 0 Å². The van der Waals surface area contributed by atoms with Gasteiger partial charge in [0.05, 0.1) is 19.1 Å². The van der Waals surface area contributed by atoms with Crippen LogP contribution in [0.2, 0.25) is 0 Å². The number of hydrogen-bond acceptors (Lipinski definition) is 5. The molecular weight excluding hydrogens is 681 g/mol. The van der Waals surface area contributed by atoms with Gasteiger partial charge in [-0.15, -0.1) is 0 Å². The van der Waals surface area contributed by atoms with Crippen LogP contribution in [0.4, 0.5) is 0 Å². The molecular formula is C48H46N4O3. The van der Waals surface area contributed by atoms with Crippen molar-refractivity contribution in [3.05, 3.63) is 198 Å². The van der Waals surface area contributed by atoms with Crippen molar-refractivity contribution in [1.82, 2.24) is 20.2 Å². The van der Waals surface area contributed by atoms with Crippen molar-refractivity contribution in [2.75, 3.05) is 7.11 Å². The van der Waals surface area contributed by atoms with Gasteiger partial charge in [0.1, 0.15) is 11.6 Å². The number of nitrogens with one attached hydrogen (secondary N) is 2. The van der Waals surface area contributed by atoms with E-state index in [2.05, 4.69) is 118 Å². The van der Waals surface area contributed by atoms with Crippen LogP contribution in [0.3, 0.4) is 0 Å². The van der Waals surface area contributed by atoms with E-state index in [0.29, 0.717) is 25.1 Å². The Balaban J connectivity index is 1.19. The van der Waals surface area contributed by atoms with E-state index in [-0.39, 0.29) is 11.8 Å². The SMILES string of the molecule is COC(=O)[C@H](CC(C)C)NC(=O)c1ccc(CNCc2cn(C(c3ccccc3)(c3ccccc3)c3ccccc3)cn2)cc1-c1cccc2ccccc12. The molecule has 0 unspecified atom stereocenters. The van der Waals surface area contributed by atoms with Crippen molar-refractivity contribution in [3.8, 4) is 11.1 Å². The molecule has 0 aliphatic carbocycles. The summed E-state index contributed by atoms with van der Waals surface area (Å²) in [7, 11) is 1.35. The van der Waals surface area contributed by atoms with Gasteiger partial charge in [-0.1, -0.05) is 153 Å². The van der Waals surface area contributed by atoms with Gasteiger partial charge in [-0.2, -0.15) is 0 Å². The number of nitrogens with zero attached hydrogens (tertiary/aromatic N) is 2. The Morgan fingerprint density at radius 3 is 1.93 bits per heavy atom. The van der Waals surface area contributed by atoms with Crippen LogP contribution in [0.15, 0.2) is 164 Å². The van der Waals surface area contributed by atoms with E-state index in [1.807, 2.05) is 74.8 Å². The zero-order valence-corrected chi connectivity index (χ0v) is 31.5. The third-order valence-electron chi connectivity index (χ3n) is 10.1. The molecule has 0 radical (unpaired) electrons. The summed E-state index contributed by atoms with van der Waals surface area (Å²) >= 11 is 0. The van der Waals surface area contributed by atoms with Crippen LogP contribution in [0.25, 0.3) is 21.9 Å². The average Bonchev–Trinajstić information content (AvgIpc) is 3.70. The van der Waals surface area contributed by atoms with Crippen molar-refractivity contribution in [2.24, 2.45) is 5.92 Å². The lowest BCUT2D eigenvalue weighted by atomic mass is 9.77. The maximum Gasteiger partial charge on any atom is 0.328 e. The number of imidazole rings is 1. The molecule has 0 saturated carbocycles. The van der Waals surface area contributed by atoms with Crippen molar-refractivity contribution >= 4 is 22.6 Å². The molecule has 0 bridgehead atoms. The maximum absolute atomic E-state index is 13.9. The summed E-state index contributed by atoms with van der Waals surface area (Å²) in [6.07, 6.45) is 4.53. The zero-order chi connectivity index (χ0) is 38.2. The zero-order valence-electron chi connectivity index (χ0n) is 31.5. The van der Waals surface area contributed by atoms with Crippen LogP contribution in [0, 0.1) is 5.92 Å². The first-order valence-corrected chi connectivity index (χ1v) is 18.8. The number of fused-ring (bicyclic) bond motifs is 1. The molecule has 0 spiro atoms. The molecule has 6 aromatic carbocycles. The topological polar surface area (TPSA) is 85.2 Å². The van der Waals surface area contributed by atoms with E-state index in [1.165, 1.54) is 7.11 Å². The summed E-state index contributed by atoms with van der Waals surface area (Å²) in [5.74, 6) is -0.582. The number of ether oxygens (including phenoxy) is 1. The molecule has 0 aliphatic heterocycles. The van der Waals surface area contributed by atoms with E-state index in [9.17, 15) is 9.59 Å². The quantitative estimate of drug-likeness (QED) is 0.0863. The number of hydrogen-bond donors (Lipinski definition) is 2. The Labute approximate surface area is 323 Å². The molecule has 1 amide bonds. The standard InChI is InChI=1S/C48H46N4O3/c1-34(2)28-45(47(54)55-3)51-46(53)43-27-26-35(29-44(43)42-25-15-17-36-16-13-14-24-41(36)42)30-49-31-40-32-52(33-50-40)48(37-18-7-4-8-19-37,38-20-9-5-10-21-38)39-22-11-6-12-23-39/h4-27,29,32-34,45,49H,28,30-31H2,1-3H3,(H,51,53)/t45-/m0/s1. The number of amides is 1. The van der Waals surface area contributed by atoms with Crippen molar-refractivity contribution in [2.45, 2.75) is 44.9 Å². The molecule has 7 rings (SSSR count). The molecule has 276 valence electrons. The number of benzene rings is 6. The fraction of sp³-hybridized carbons (Fsp3) is 0.188. The minimum absolute atomic E-state index is 0.188. The minimum atomic E-state index is -0.747. The number of esters is 1. The molecule has 7 aromatic rings. The molecule has 1 aromatic heterocycles. The highest BCUT2D eigenvalue weighted by molar-refractivity contribution is 6.07. The molecule has 7 nitrogen and oxygen atoms in total. The molecule has 1 atom stereocenters. The Bertz CT molecular complexity index is 2270. The number of methoxy groups -OCH3 is 1. The van der Waals surface area contributed by atoms with E-state index < -0.39 is 17.6 Å². The van der Waals surface area contributed by atoms with E-state index in [1.54, 1.807) is 0 Å². The molecule has 55 heavy (non-hydrogen) atoms. The van der Waals surface area contributed by atoms with Crippen LogP contribution in [-0.2, 0) is 28.2 Å². The molecule has 0 aliphatic rings. The summed E-state index contributed by atoms with van der Waals surface area (Å²) in [4.78, 5) is 31.5. The Kier molecular flexibility index (Phi) is 11.3. The largest absolute Gasteiger partial charge is 0.467 e. The highest BCUT2D eigenvalue weighted by Crippen LogP contribution is 2.41. The molecule has 2 N–H and O–H groups in total. The first kappa shape index (κ1) is 37.0. The summed E-state index contributed by atoms with van der Waals surface area (Å²) in [5.41, 5.74) is 6.92. The highest BCUT2D eigenvalue weighted by Gasteiger charge is 2.38. The molecule has 7 heteroatoms. The first-order valence-electron chi connectivity index (χ1n) is 18.8. The van der Waals surface area contributed by atoms with Gasteiger partial charge >= 0.3 is 5.97 Å². The first-order chi connectivity index (χ1) is 26.9. The lowest BCUT2D eigenvalue weighted by Gasteiger charge is -2.37. The van der Waals surface area contributed by atoms with Gasteiger partial charge in [0.2, 0.25) is 0 Å². The van der Waals surface area contributed by atoms with Gasteiger partial charge in [0.25, 0.3) is 5.91 Å². The minimum Gasteiger partial charge on any atom is -0.467 e. The lowest BCUT2D eigenvalue weighted by Crippen LogP contribution is -2.42. The van der Waals surface area contributed by atoms with Crippen LogP contribution < -0.4 is 10.6 Å². The van der Waals surface area contributed by atoms with Gasteiger partial charge in [-0.25, -0.2) is 9.78 Å². The summed E-state index contributed by atoms with van der Waals surface area (Å²) in [5, 5.41) is 8.69.